The summed E-state index contributed by atoms with van der Waals surface area (Å²) < 4.78 is 0. The van der Waals surface area contributed by atoms with Gasteiger partial charge in [-0.1, -0.05) is 47.5 Å². The van der Waals surface area contributed by atoms with E-state index in [-0.39, 0.29) is 18.0 Å². The molecule has 4 atom stereocenters. The third-order valence-electron chi connectivity index (χ3n) is 4.94. The van der Waals surface area contributed by atoms with E-state index >= 15 is 0 Å². The van der Waals surface area contributed by atoms with Crippen molar-refractivity contribution in [3.8, 4) is 0 Å². The number of hydrogen-bond acceptors (Lipinski definition) is 3. The Kier molecular flexibility index (Phi) is 3.91. The first-order valence-electron chi connectivity index (χ1n) is 7.84. The van der Waals surface area contributed by atoms with Crippen molar-refractivity contribution >= 4 is 34.9 Å². The summed E-state index contributed by atoms with van der Waals surface area (Å²) in [5.41, 5.74) is 3.10. The van der Waals surface area contributed by atoms with Gasteiger partial charge in [0.05, 0.1) is 12.1 Å². The number of aliphatic carboxylic acids is 1. The Morgan fingerprint density at radius 2 is 1.92 bits per heavy atom. The first-order chi connectivity index (χ1) is 11.5. The molecule has 0 radical (unpaired) electrons. The van der Waals surface area contributed by atoms with Gasteiger partial charge in [0.15, 0.2) is 0 Å². The number of para-hydroxylation sites is 1. The zero-order valence-corrected chi connectivity index (χ0v) is 14.2. The van der Waals surface area contributed by atoms with Gasteiger partial charge in [0.25, 0.3) is 0 Å². The standard InChI is InChI=1S/C18H16Cl2N2O2/c19-9-5-6-11(13(20)7-9)16-17-12(8-15(22-16)18(23)24)10-3-1-2-4-14(10)21-17/h1-7,12,15-17,21-22H,8H2,(H,23,24). The lowest BCUT2D eigenvalue weighted by Crippen LogP contribution is -2.52. The normalized spacial score (nSPS) is 27.9. The number of fused-ring (bicyclic) bond motifs is 3. The molecule has 3 N–H and O–H groups in total. The van der Waals surface area contributed by atoms with Crippen LogP contribution >= 0.6 is 23.2 Å². The summed E-state index contributed by atoms with van der Waals surface area (Å²) in [4.78, 5) is 11.6. The number of carbonyl (C=O) groups is 1. The molecular weight excluding hydrogens is 347 g/mol. The van der Waals surface area contributed by atoms with Crippen molar-refractivity contribution in [3.63, 3.8) is 0 Å². The van der Waals surface area contributed by atoms with Crippen molar-refractivity contribution in [1.29, 1.82) is 0 Å². The molecule has 2 aliphatic heterocycles. The molecule has 2 aliphatic rings. The molecule has 0 aliphatic carbocycles. The second kappa shape index (κ2) is 5.96. The molecule has 2 heterocycles. The van der Waals surface area contributed by atoms with Crippen LogP contribution in [-0.4, -0.2) is 23.2 Å². The predicted molar refractivity (Wildman–Crippen MR) is 95.0 cm³/mol. The van der Waals surface area contributed by atoms with Gasteiger partial charge in [0, 0.05) is 21.7 Å². The zero-order valence-electron chi connectivity index (χ0n) is 12.7. The highest BCUT2D eigenvalue weighted by molar-refractivity contribution is 6.35. The minimum atomic E-state index is -0.840. The van der Waals surface area contributed by atoms with Crippen LogP contribution in [0.1, 0.15) is 29.5 Å². The van der Waals surface area contributed by atoms with E-state index in [0.717, 1.165) is 11.3 Å². The highest BCUT2D eigenvalue weighted by Crippen LogP contribution is 2.47. The minimum Gasteiger partial charge on any atom is -0.480 e. The molecule has 124 valence electrons. The van der Waals surface area contributed by atoms with Gasteiger partial charge in [-0.25, -0.2) is 0 Å². The van der Waals surface area contributed by atoms with Crippen molar-refractivity contribution in [1.82, 2.24) is 5.32 Å². The maximum atomic E-state index is 11.6. The predicted octanol–water partition coefficient (Wildman–Crippen LogP) is 4.06. The van der Waals surface area contributed by atoms with E-state index in [1.165, 1.54) is 5.56 Å². The van der Waals surface area contributed by atoms with Crippen LogP contribution in [0.15, 0.2) is 42.5 Å². The number of benzene rings is 2. The number of anilines is 1. The lowest BCUT2D eigenvalue weighted by atomic mass is 9.79. The van der Waals surface area contributed by atoms with E-state index in [2.05, 4.69) is 16.7 Å². The maximum Gasteiger partial charge on any atom is 0.320 e. The second-order valence-corrected chi connectivity index (χ2v) is 7.14. The Hall–Kier alpha value is -1.75. The molecule has 4 nitrogen and oxygen atoms in total. The number of halogens is 2. The fraction of sp³-hybridized carbons (Fsp3) is 0.278. The molecule has 1 saturated heterocycles. The Balaban J connectivity index is 1.77. The molecule has 2 aromatic carbocycles. The van der Waals surface area contributed by atoms with Crippen LogP contribution in [0.5, 0.6) is 0 Å². The van der Waals surface area contributed by atoms with Crippen LogP contribution in [0.4, 0.5) is 5.69 Å². The quantitative estimate of drug-likeness (QED) is 0.753. The summed E-state index contributed by atoms with van der Waals surface area (Å²) in [6, 6.07) is 12.7. The summed E-state index contributed by atoms with van der Waals surface area (Å²) in [5.74, 6) is -0.715. The van der Waals surface area contributed by atoms with Crippen LogP contribution in [0.2, 0.25) is 10.0 Å². The van der Waals surface area contributed by atoms with E-state index in [1.54, 1.807) is 12.1 Å². The number of carboxylic acids is 1. The van der Waals surface area contributed by atoms with E-state index in [1.807, 2.05) is 24.3 Å². The SMILES string of the molecule is O=C(O)C1CC2c3ccccc3NC2C(c2ccc(Cl)cc2Cl)N1. The number of carboxylic acid groups (broad SMARTS) is 1. The fourth-order valence-corrected chi connectivity index (χ4v) is 4.39. The molecule has 4 unspecified atom stereocenters. The molecule has 0 spiro atoms. The lowest BCUT2D eigenvalue weighted by molar-refractivity contribution is -0.140. The Morgan fingerprint density at radius 3 is 2.67 bits per heavy atom. The molecule has 0 bridgehead atoms. The largest absolute Gasteiger partial charge is 0.480 e. The summed E-state index contributed by atoms with van der Waals surface area (Å²) >= 11 is 12.4. The van der Waals surface area contributed by atoms with Crippen molar-refractivity contribution in [3.05, 3.63) is 63.6 Å². The lowest BCUT2D eigenvalue weighted by Gasteiger charge is -2.39. The van der Waals surface area contributed by atoms with Gasteiger partial charge in [0.2, 0.25) is 0 Å². The smallest absolute Gasteiger partial charge is 0.320 e. The van der Waals surface area contributed by atoms with Gasteiger partial charge in [-0.05, 0) is 35.7 Å². The molecule has 0 amide bonds. The van der Waals surface area contributed by atoms with E-state index in [9.17, 15) is 9.90 Å². The maximum absolute atomic E-state index is 11.6. The van der Waals surface area contributed by atoms with E-state index < -0.39 is 12.0 Å². The minimum absolute atomic E-state index is 0.0525. The molecule has 0 aromatic heterocycles. The third-order valence-corrected chi connectivity index (χ3v) is 5.50. The number of piperidine rings is 1. The van der Waals surface area contributed by atoms with E-state index in [4.69, 9.17) is 23.2 Å². The first kappa shape index (κ1) is 15.8. The average Bonchev–Trinajstić information content (AvgIpc) is 2.93. The molecule has 4 rings (SSSR count). The topological polar surface area (TPSA) is 61.4 Å². The first-order valence-corrected chi connectivity index (χ1v) is 8.59. The van der Waals surface area contributed by atoms with Gasteiger partial charge in [-0.3, -0.25) is 10.1 Å². The molecule has 24 heavy (non-hydrogen) atoms. The van der Waals surface area contributed by atoms with Crippen molar-refractivity contribution < 1.29 is 9.90 Å². The second-order valence-electron chi connectivity index (χ2n) is 6.30. The molecule has 1 fully saturated rings. The van der Waals surface area contributed by atoms with Crippen molar-refractivity contribution in [2.45, 2.75) is 30.5 Å². The molecule has 0 saturated carbocycles. The monoisotopic (exact) mass is 362 g/mol. The Bertz CT molecular complexity index is 811. The highest BCUT2D eigenvalue weighted by Gasteiger charge is 2.45. The summed E-state index contributed by atoms with van der Waals surface area (Å²) in [6.07, 6.45) is 0.547. The van der Waals surface area contributed by atoms with Crippen LogP contribution in [0, 0.1) is 0 Å². The Labute approximate surface area is 149 Å². The number of nitrogens with one attached hydrogen (secondary N) is 2. The van der Waals surface area contributed by atoms with Crippen LogP contribution in [0.25, 0.3) is 0 Å². The van der Waals surface area contributed by atoms with Gasteiger partial charge < -0.3 is 10.4 Å². The van der Waals surface area contributed by atoms with Gasteiger partial charge in [-0.2, -0.15) is 0 Å². The van der Waals surface area contributed by atoms with Crippen LogP contribution in [0.3, 0.4) is 0 Å². The van der Waals surface area contributed by atoms with Crippen LogP contribution < -0.4 is 10.6 Å². The van der Waals surface area contributed by atoms with Crippen LogP contribution in [-0.2, 0) is 4.79 Å². The van der Waals surface area contributed by atoms with Crippen molar-refractivity contribution in [2.75, 3.05) is 5.32 Å². The van der Waals surface area contributed by atoms with Gasteiger partial charge >= 0.3 is 5.97 Å². The molecule has 6 heteroatoms. The molecule has 2 aromatic rings. The Morgan fingerprint density at radius 1 is 1.12 bits per heavy atom. The highest BCUT2D eigenvalue weighted by atomic mass is 35.5. The zero-order chi connectivity index (χ0) is 16.8. The number of rotatable bonds is 2. The van der Waals surface area contributed by atoms with E-state index in [0.29, 0.717) is 16.5 Å². The third kappa shape index (κ3) is 2.55. The van der Waals surface area contributed by atoms with Gasteiger partial charge in [0.1, 0.15) is 6.04 Å². The summed E-state index contributed by atoms with van der Waals surface area (Å²) in [6.45, 7) is 0. The van der Waals surface area contributed by atoms with Gasteiger partial charge in [-0.15, -0.1) is 0 Å². The fourth-order valence-electron chi connectivity index (χ4n) is 3.87. The average molecular weight is 363 g/mol. The number of hydrogen-bond donors (Lipinski definition) is 3. The molecular formula is C18H16Cl2N2O2. The summed E-state index contributed by atoms with van der Waals surface area (Å²) in [7, 11) is 0. The van der Waals surface area contributed by atoms with Crippen molar-refractivity contribution in [2.24, 2.45) is 0 Å². The summed E-state index contributed by atoms with van der Waals surface area (Å²) in [5, 5.41) is 17.4.